The second kappa shape index (κ2) is 8.41. The summed E-state index contributed by atoms with van der Waals surface area (Å²) in [5.41, 5.74) is 7.36. The van der Waals surface area contributed by atoms with Gasteiger partial charge in [-0.05, 0) is 5.56 Å². The van der Waals surface area contributed by atoms with Crippen LogP contribution in [-0.2, 0) is 20.8 Å². The maximum absolute atomic E-state index is 12.9. The van der Waals surface area contributed by atoms with Gasteiger partial charge in [-0.1, -0.05) is 42.1 Å². The molecule has 13 heteroatoms. The molecule has 1 saturated heterocycles. The number of H-pyrrole nitrogens is 1. The summed E-state index contributed by atoms with van der Waals surface area (Å²) in [5.74, 6) is -1.65. The third kappa shape index (κ3) is 3.89. The van der Waals surface area contributed by atoms with E-state index in [2.05, 4.69) is 25.3 Å². The van der Waals surface area contributed by atoms with Gasteiger partial charge in [0.05, 0.1) is 12.7 Å². The van der Waals surface area contributed by atoms with Crippen LogP contribution >= 0.6 is 23.5 Å². The number of nitrogens with zero attached hydrogens (tertiary/aromatic N) is 4. The van der Waals surface area contributed by atoms with Gasteiger partial charge < -0.3 is 21.1 Å². The number of rotatable bonds is 6. The minimum Gasteiger partial charge on any atom is -0.477 e. The summed E-state index contributed by atoms with van der Waals surface area (Å²) in [6, 6.07) is 8.41. The number of hydrogen-bond acceptors (Lipinski definition) is 9. The molecule has 2 atom stereocenters. The van der Waals surface area contributed by atoms with Gasteiger partial charge in [0.1, 0.15) is 27.7 Å². The first-order chi connectivity index (χ1) is 15.9. The highest BCUT2D eigenvalue weighted by molar-refractivity contribution is 8.06. The lowest BCUT2D eigenvalue weighted by Crippen LogP contribution is -2.70. The first-order valence-corrected chi connectivity index (χ1v) is 11.7. The van der Waals surface area contributed by atoms with Gasteiger partial charge in [0.2, 0.25) is 11.9 Å². The number of anilines is 1. The number of nitrogens with two attached hydrogens (primary N) is 1. The number of carboxylic acids is 1. The number of benzene rings is 1. The van der Waals surface area contributed by atoms with Crippen molar-refractivity contribution in [2.45, 2.75) is 22.9 Å². The molecule has 0 radical (unpaired) electrons. The number of aromatic amines is 1. The fraction of sp³-hybridized carbons (Fsp3) is 0.200. The quantitative estimate of drug-likeness (QED) is 0.293. The van der Waals surface area contributed by atoms with E-state index < -0.39 is 23.3 Å². The minimum absolute atomic E-state index is 0.0112. The average molecular weight is 484 g/mol. The third-order valence-corrected chi connectivity index (χ3v) is 7.68. The minimum atomic E-state index is -1.23. The molecule has 0 bridgehead atoms. The molecular weight excluding hydrogens is 466 g/mol. The molecule has 2 aromatic heterocycles. The summed E-state index contributed by atoms with van der Waals surface area (Å²) >= 11 is 2.48. The van der Waals surface area contributed by atoms with Crippen molar-refractivity contribution in [3.63, 3.8) is 0 Å². The average Bonchev–Trinajstić information content (AvgIpc) is 3.26. The van der Waals surface area contributed by atoms with E-state index in [1.165, 1.54) is 23.0 Å². The number of carboxylic acid groups (broad SMARTS) is 1. The lowest BCUT2D eigenvalue weighted by atomic mass is 10.0. The van der Waals surface area contributed by atoms with Gasteiger partial charge in [0, 0.05) is 10.7 Å². The largest absolute Gasteiger partial charge is 0.477 e. The van der Waals surface area contributed by atoms with Crippen LogP contribution in [0.3, 0.4) is 0 Å². The Morgan fingerprint density at radius 3 is 2.85 bits per heavy atom. The summed E-state index contributed by atoms with van der Waals surface area (Å²) in [6.07, 6.45) is 1.59. The highest BCUT2D eigenvalue weighted by Gasteiger charge is 2.54. The summed E-state index contributed by atoms with van der Waals surface area (Å²) in [7, 11) is 0. The molecule has 3 aromatic rings. The molecule has 4 heterocycles. The molecule has 5 N–H and O–H groups in total. The third-order valence-electron chi connectivity index (χ3n) is 5.15. The van der Waals surface area contributed by atoms with E-state index in [-0.39, 0.29) is 24.0 Å². The number of aromatic nitrogens is 4. The number of thioether (sulfide) groups is 2. The number of fused-ring (bicyclic) bond motifs is 2. The first kappa shape index (κ1) is 21.3. The van der Waals surface area contributed by atoms with Crippen LogP contribution in [0, 0.1) is 0 Å². The van der Waals surface area contributed by atoms with E-state index in [1.807, 2.05) is 30.3 Å². The molecule has 0 aliphatic carbocycles. The van der Waals surface area contributed by atoms with Crippen LogP contribution in [-0.4, -0.2) is 64.9 Å². The molecule has 5 rings (SSSR count). The van der Waals surface area contributed by atoms with Crippen LogP contribution in [0.2, 0.25) is 0 Å². The Balaban J connectivity index is 1.36. The molecule has 168 valence electrons. The lowest BCUT2D eigenvalue weighted by Gasteiger charge is -2.49. The molecule has 1 fully saturated rings. The SMILES string of the molecule is Nc1nc(SC2=C(C(=O)O)N3C(=O)C(NC(=O)Cc4ccccc4)[C@H]3SC2)c2[nH]cnc2n1. The van der Waals surface area contributed by atoms with Crippen molar-refractivity contribution in [2.24, 2.45) is 0 Å². The second-order valence-electron chi connectivity index (χ2n) is 7.28. The first-order valence-electron chi connectivity index (χ1n) is 9.81. The Labute approximate surface area is 195 Å². The van der Waals surface area contributed by atoms with Crippen LogP contribution in [0.4, 0.5) is 5.95 Å². The van der Waals surface area contributed by atoms with E-state index in [4.69, 9.17) is 5.73 Å². The van der Waals surface area contributed by atoms with Gasteiger partial charge in [0.15, 0.2) is 5.65 Å². The van der Waals surface area contributed by atoms with Gasteiger partial charge in [-0.25, -0.2) is 14.8 Å². The summed E-state index contributed by atoms with van der Waals surface area (Å²) in [6.45, 7) is 0. The highest BCUT2D eigenvalue weighted by atomic mass is 32.2. The Morgan fingerprint density at radius 2 is 2.09 bits per heavy atom. The van der Waals surface area contributed by atoms with Crippen molar-refractivity contribution in [2.75, 3.05) is 11.5 Å². The predicted molar refractivity (Wildman–Crippen MR) is 122 cm³/mol. The number of hydrogen-bond donors (Lipinski definition) is 4. The Bertz CT molecular complexity index is 1310. The van der Waals surface area contributed by atoms with Gasteiger partial charge in [-0.3, -0.25) is 14.5 Å². The Hall–Kier alpha value is -3.58. The van der Waals surface area contributed by atoms with Gasteiger partial charge in [-0.15, -0.1) is 11.8 Å². The van der Waals surface area contributed by atoms with Crippen LogP contribution < -0.4 is 11.1 Å². The number of carbonyl (C=O) groups is 3. The number of nitrogens with one attached hydrogen (secondary N) is 2. The van der Waals surface area contributed by atoms with Crippen molar-refractivity contribution < 1.29 is 19.5 Å². The number of aliphatic carboxylic acids is 1. The van der Waals surface area contributed by atoms with Crippen molar-refractivity contribution in [1.82, 2.24) is 30.2 Å². The van der Waals surface area contributed by atoms with Crippen molar-refractivity contribution in [3.8, 4) is 0 Å². The van der Waals surface area contributed by atoms with Crippen LogP contribution in [0.1, 0.15) is 5.56 Å². The number of imidazole rings is 1. The molecular formula is C20H17N7O4S2. The van der Waals surface area contributed by atoms with E-state index in [1.54, 1.807) is 0 Å². The summed E-state index contributed by atoms with van der Waals surface area (Å²) in [5, 5.41) is 12.5. The molecule has 11 nitrogen and oxygen atoms in total. The number of amides is 2. The van der Waals surface area contributed by atoms with Gasteiger partial charge in [-0.2, -0.15) is 4.98 Å². The molecule has 0 saturated carbocycles. The molecule has 2 aliphatic heterocycles. The molecule has 33 heavy (non-hydrogen) atoms. The van der Waals surface area contributed by atoms with E-state index in [0.717, 1.165) is 17.3 Å². The molecule has 0 spiro atoms. The Kier molecular flexibility index (Phi) is 5.42. The molecule has 1 unspecified atom stereocenters. The van der Waals surface area contributed by atoms with E-state index >= 15 is 0 Å². The van der Waals surface area contributed by atoms with E-state index in [9.17, 15) is 19.5 Å². The normalized spacial score (nSPS) is 19.9. The highest BCUT2D eigenvalue weighted by Crippen LogP contribution is 2.45. The zero-order chi connectivity index (χ0) is 23.1. The monoisotopic (exact) mass is 483 g/mol. The fourth-order valence-corrected chi connectivity index (χ4v) is 6.23. The zero-order valence-electron chi connectivity index (χ0n) is 16.9. The van der Waals surface area contributed by atoms with Crippen LogP contribution in [0.25, 0.3) is 11.2 Å². The fourth-order valence-electron chi connectivity index (χ4n) is 3.69. The van der Waals surface area contributed by atoms with Crippen molar-refractivity contribution in [1.29, 1.82) is 0 Å². The maximum Gasteiger partial charge on any atom is 0.353 e. The summed E-state index contributed by atoms with van der Waals surface area (Å²) < 4.78 is 0. The lowest BCUT2D eigenvalue weighted by molar-refractivity contribution is -0.150. The van der Waals surface area contributed by atoms with Gasteiger partial charge >= 0.3 is 5.97 Å². The van der Waals surface area contributed by atoms with Crippen molar-refractivity contribution in [3.05, 3.63) is 52.8 Å². The molecule has 1 aromatic carbocycles. The topological polar surface area (TPSA) is 167 Å². The molecule has 2 amide bonds. The smallest absolute Gasteiger partial charge is 0.353 e. The number of carbonyl (C=O) groups excluding carboxylic acids is 2. The summed E-state index contributed by atoms with van der Waals surface area (Å²) in [4.78, 5) is 54.3. The van der Waals surface area contributed by atoms with Gasteiger partial charge in [0.25, 0.3) is 5.91 Å². The number of β-lactam (4-membered cyclic amide) rings is 1. The van der Waals surface area contributed by atoms with Crippen LogP contribution in [0.5, 0.6) is 0 Å². The zero-order valence-corrected chi connectivity index (χ0v) is 18.5. The standard InChI is InChI=1S/C20H17N7O4S2/c21-20-25-15-12(22-8-23-15)16(26-20)33-10-7-32-18-13(17(29)27(18)14(10)19(30)31)24-11(28)6-9-4-2-1-3-5-9/h1-5,8,13,18H,6-7H2,(H,24,28)(H,30,31)(H3,21,22,23,25,26)/t13?,18-/m1/s1. The maximum atomic E-state index is 12.9. The number of nitrogen functional groups attached to an aromatic ring is 1. The predicted octanol–water partition coefficient (Wildman–Crippen LogP) is 0.966. The van der Waals surface area contributed by atoms with Crippen LogP contribution in [0.15, 0.2) is 52.3 Å². The molecule has 2 aliphatic rings. The Morgan fingerprint density at radius 1 is 1.30 bits per heavy atom. The van der Waals surface area contributed by atoms with Crippen molar-refractivity contribution >= 4 is 58.4 Å². The second-order valence-corrected chi connectivity index (χ2v) is 9.47. The van der Waals surface area contributed by atoms with E-state index in [0.29, 0.717) is 26.8 Å².